The first-order valence-electron chi connectivity index (χ1n) is 10.8. The van der Waals surface area contributed by atoms with Gasteiger partial charge in [-0.05, 0) is 61.9 Å². The lowest BCUT2D eigenvalue weighted by Gasteiger charge is -2.40. The number of hydrogen-bond donors (Lipinski definition) is 1. The molecule has 1 atom stereocenters. The molecule has 0 bridgehead atoms. The topological polar surface area (TPSA) is 88.0 Å². The second kappa shape index (κ2) is 8.03. The number of carbonyl (C=O) groups excluding carboxylic acids is 1. The van der Waals surface area contributed by atoms with Gasteiger partial charge in [0.25, 0.3) is 0 Å². The smallest absolute Gasteiger partial charge is 0.338 e. The molecule has 31 heavy (non-hydrogen) atoms. The number of hydrogen-bond acceptors (Lipinski definition) is 9. The highest BCUT2D eigenvalue weighted by Gasteiger charge is 2.41. The molecule has 1 spiro atoms. The molecule has 1 aromatic carbocycles. The molecule has 0 amide bonds. The van der Waals surface area contributed by atoms with E-state index in [0.717, 1.165) is 60.8 Å². The standard InChI is InChI=1S/C22H28N4O4S/c1-14-15(3-4-16-17(14)12-30-19(16)28)18(27)11-25-8-5-22(6-9-25)7-10-26(13-22)21-23-20(29-2)24-31-21/h3-4,18,27H,5-13H2,1-2H3. The minimum atomic E-state index is -0.566. The summed E-state index contributed by atoms with van der Waals surface area (Å²) in [5.74, 6) is -0.266. The number of piperidine rings is 1. The largest absolute Gasteiger partial charge is 0.466 e. The lowest BCUT2D eigenvalue weighted by Crippen LogP contribution is -2.43. The van der Waals surface area contributed by atoms with Gasteiger partial charge >= 0.3 is 12.0 Å². The van der Waals surface area contributed by atoms with E-state index in [4.69, 9.17) is 9.47 Å². The number of aliphatic hydroxyl groups excluding tert-OH is 1. The monoisotopic (exact) mass is 444 g/mol. The van der Waals surface area contributed by atoms with Gasteiger partial charge < -0.3 is 24.4 Å². The third-order valence-electron chi connectivity index (χ3n) is 7.20. The quantitative estimate of drug-likeness (QED) is 0.704. The number of aliphatic hydroxyl groups is 1. The van der Waals surface area contributed by atoms with E-state index in [1.165, 1.54) is 18.0 Å². The van der Waals surface area contributed by atoms with E-state index in [0.29, 0.717) is 30.1 Å². The molecule has 0 aliphatic carbocycles. The maximum absolute atomic E-state index is 11.8. The Labute approximate surface area is 186 Å². The molecule has 4 heterocycles. The van der Waals surface area contributed by atoms with E-state index < -0.39 is 6.10 Å². The van der Waals surface area contributed by atoms with Crippen LogP contribution in [0.5, 0.6) is 6.01 Å². The van der Waals surface area contributed by atoms with Crippen molar-refractivity contribution in [2.75, 3.05) is 44.7 Å². The fraction of sp³-hybridized carbons (Fsp3) is 0.591. The zero-order chi connectivity index (χ0) is 21.6. The molecule has 5 rings (SSSR count). The van der Waals surface area contributed by atoms with Crippen molar-refractivity contribution in [2.45, 2.75) is 38.9 Å². The van der Waals surface area contributed by atoms with E-state index in [-0.39, 0.29) is 5.97 Å². The van der Waals surface area contributed by atoms with Crippen LogP contribution in [0.15, 0.2) is 12.1 Å². The summed E-state index contributed by atoms with van der Waals surface area (Å²) in [6.45, 7) is 6.88. The first-order valence-corrected chi connectivity index (χ1v) is 11.6. The van der Waals surface area contributed by atoms with Crippen LogP contribution < -0.4 is 9.64 Å². The number of likely N-dealkylation sites (tertiary alicyclic amines) is 1. The normalized spacial score (nSPS) is 21.4. The Morgan fingerprint density at radius 1 is 1.29 bits per heavy atom. The molecule has 9 heteroatoms. The van der Waals surface area contributed by atoms with Crippen LogP contribution >= 0.6 is 11.5 Å². The average Bonchev–Trinajstić information content (AvgIpc) is 3.50. The second-order valence-corrected chi connectivity index (χ2v) is 9.66. The highest BCUT2D eigenvalue weighted by atomic mass is 32.1. The molecule has 2 aromatic rings. The number of rotatable bonds is 5. The van der Waals surface area contributed by atoms with Gasteiger partial charge in [-0.1, -0.05) is 6.07 Å². The van der Waals surface area contributed by atoms with Crippen molar-refractivity contribution in [2.24, 2.45) is 5.41 Å². The Morgan fingerprint density at radius 3 is 2.81 bits per heavy atom. The van der Waals surface area contributed by atoms with Crippen molar-refractivity contribution in [3.63, 3.8) is 0 Å². The molecule has 166 valence electrons. The van der Waals surface area contributed by atoms with Gasteiger partial charge in [0, 0.05) is 36.7 Å². The van der Waals surface area contributed by atoms with Crippen molar-refractivity contribution in [3.8, 4) is 6.01 Å². The number of anilines is 1. The molecule has 8 nitrogen and oxygen atoms in total. The van der Waals surface area contributed by atoms with Crippen LogP contribution in [0.1, 0.15) is 52.4 Å². The number of methoxy groups -OCH3 is 1. The van der Waals surface area contributed by atoms with Gasteiger partial charge in [-0.2, -0.15) is 4.98 Å². The van der Waals surface area contributed by atoms with Gasteiger partial charge in [0.2, 0.25) is 5.13 Å². The number of fused-ring (bicyclic) bond motifs is 1. The zero-order valence-electron chi connectivity index (χ0n) is 18.0. The van der Waals surface area contributed by atoms with Crippen LogP contribution in [-0.4, -0.2) is 65.2 Å². The van der Waals surface area contributed by atoms with E-state index in [1.807, 2.05) is 13.0 Å². The van der Waals surface area contributed by atoms with Gasteiger partial charge in [-0.3, -0.25) is 0 Å². The van der Waals surface area contributed by atoms with Gasteiger partial charge in [-0.15, -0.1) is 4.37 Å². The minimum absolute atomic E-state index is 0.266. The maximum atomic E-state index is 11.8. The lowest BCUT2D eigenvalue weighted by molar-refractivity contribution is 0.0534. The van der Waals surface area contributed by atoms with Crippen LogP contribution in [0.25, 0.3) is 0 Å². The molecular formula is C22H28N4O4S. The summed E-state index contributed by atoms with van der Waals surface area (Å²) < 4.78 is 14.5. The summed E-state index contributed by atoms with van der Waals surface area (Å²) in [5, 5.41) is 11.9. The fourth-order valence-corrected chi connectivity index (χ4v) is 5.87. The molecule has 1 unspecified atom stereocenters. The highest BCUT2D eigenvalue weighted by molar-refractivity contribution is 7.09. The Balaban J connectivity index is 1.18. The minimum Gasteiger partial charge on any atom is -0.466 e. The summed E-state index contributed by atoms with van der Waals surface area (Å²) in [5.41, 5.74) is 3.74. The third-order valence-corrected chi connectivity index (χ3v) is 7.96. The lowest BCUT2D eigenvalue weighted by atomic mass is 9.77. The fourth-order valence-electron chi connectivity index (χ4n) is 5.20. The Morgan fingerprint density at radius 2 is 2.06 bits per heavy atom. The van der Waals surface area contributed by atoms with E-state index in [9.17, 15) is 9.90 Å². The summed E-state index contributed by atoms with van der Waals surface area (Å²) in [6.07, 6.45) is 2.85. The van der Waals surface area contributed by atoms with Gasteiger partial charge in [0.05, 0.1) is 18.8 Å². The van der Waals surface area contributed by atoms with Crippen molar-refractivity contribution >= 4 is 22.6 Å². The zero-order valence-corrected chi connectivity index (χ0v) is 18.8. The number of benzene rings is 1. The number of cyclic esters (lactones) is 1. The van der Waals surface area contributed by atoms with Crippen LogP contribution in [0.4, 0.5) is 5.13 Å². The Kier molecular flexibility index (Phi) is 5.35. The second-order valence-electron chi connectivity index (χ2n) is 8.93. The predicted octanol–water partition coefficient (Wildman–Crippen LogP) is 2.55. The first-order chi connectivity index (χ1) is 15.0. The number of β-amino-alcohol motifs (C(OH)–C–C–N with tert-alkyl or cyclic N) is 1. The Bertz CT molecular complexity index is 986. The maximum Gasteiger partial charge on any atom is 0.338 e. The van der Waals surface area contributed by atoms with Crippen molar-refractivity contribution < 1.29 is 19.4 Å². The van der Waals surface area contributed by atoms with E-state index in [2.05, 4.69) is 19.2 Å². The Hall–Kier alpha value is -2.23. The molecule has 1 N–H and O–H groups in total. The third kappa shape index (κ3) is 3.79. The molecular weight excluding hydrogens is 416 g/mol. The van der Waals surface area contributed by atoms with Crippen molar-refractivity contribution in [1.82, 2.24) is 14.3 Å². The highest BCUT2D eigenvalue weighted by Crippen LogP contribution is 2.42. The SMILES string of the molecule is COc1nsc(N2CCC3(CCN(CC(O)c4ccc5c(c4C)COC5=O)CC3)C2)n1. The van der Waals surface area contributed by atoms with E-state index in [1.54, 1.807) is 13.2 Å². The van der Waals surface area contributed by atoms with Crippen LogP contribution in [0, 0.1) is 12.3 Å². The summed E-state index contributed by atoms with van der Waals surface area (Å²) in [4.78, 5) is 20.9. The molecule has 3 aliphatic heterocycles. The summed E-state index contributed by atoms with van der Waals surface area (Å²) in [6, 6.07) is 4.11. The average molecular weight is 445 g/mol. The number of esters is 1. The van der Waals surface area contributed by atoms with Crippen molar-refractivity contribution in [3.05, 3.63) is 34.4 Å². The van der Waals surface area contributed by atoms with Crippen molar-refractivity contribution in [1.29, 1.82) is 0 Å². The molecule has 3 aliphatic rings. The number of aromatic nitrogens is 2. The van der Waals surface area contributed by atoms with Crippen LogP contribution in [0.2, 0.25) is 0 Å². The summed E-state index contributed by atoms with van der Waals surface area (Å²) in [7, 11) is 1.60. The van der Waals surface area contributed by atoms with Gasteiger partial charge in [-0.25, -0.2) is 4.79 Å². The first kappa shape index (κ1) is 20.7. The van der Waals surface area contributed by atoms with Crippen LogP contribution in [0.3, 0.4) is 0 Å². The number of carbonyl (C=O) groups is 1. The molecule has 2 saturated heterocycles. The van der Waals surface area contributed by atoms with Gasteiger partial charge in [0.1, 0.15) is 6.61 Å². The molecule has 1 aromatic heterocycles. The molecule has 0 radical (unpaired) electrons. The molecule has 2 fully saturated rings. The van der Waals surface area contributed by atoms with Crippen LogP contribution in [-0.2, 0) is 11.3 Å². The van der Waals surface area contributed by atoms with E-state index >= 15 is 0 Å². The summed E-state index contributed by atoms with van der Waals surface area (Å²) >= 11 is 1.40. The predicted molar refractivity (Wildman–Crippen MR) is 117 cm³/mol. The number of ether oxygens (including phenoxy) is 2. The molecule has 0 saturated carbocycles. The van der Waals surface area contributed by atoms with Gasteiger partial charge in [0.15, 0.2) is 0 Å². The number of nitrogens with zero attached hydrogens (tertiary/aromatic N) is 4.